The van der Waals surface area contributed by atoms with Crippen LogP contribution in [0, 0.1) is 0 Å². The molecule has 8 nitrogen and oxygen atoms in total. The monoisotopic (exact) mass is 355 g/mol. The molecule has 1 aromatic carbocycles. The number of imide groups is 1. The van der Waals surface area contributed by atoms with Gasteiger partial charge in [0.25, 0.3) is 11.8 Å². The first kappa shape index (κ1) is 16.4. The van der Waals surface area contributed by atoms with Crippen molar-refractivity contribution in [2.75, 3.05) is 0 Å². The zero-order valence-electron chi connectivity index (χ0n) is 14.4. The van der Waals surface area contributed by atoms with E-state index >= 15 is 0 Å². The van der Waals surface area contributed by atoms with Gasteiger partial charge in [0.1, 0.15) is 0 Å². The Morgan fingerprint density at radius 3 is 2.46 bits per heavy atom. The molecule has 26 heavy (non-hydrogen) atoms. The van der Waals surface area contributed by atoms with Crippen LogP contribution in [0.1, 0.15) is 65.0 Å². The molecule has 2 aliphatic rings. The summed E-state index contributed by atoms with van der Waals surface area (Å²) in [4.78, 5) is 41.7. The van der Waals surface area contributed by atoms with E-state index in [1.807, 2.05) is 6.92 Å². The second-order valence-electron chi connectivity index (χ2n) is 6.92. The Hall–Kier alpha value is -3.03. The minimum atomic E-state index is -0.581. The topological polar surface area (TPSA) is 103 Å². The van der Waals surface area contributed by atoms with E-state index in [2.05, 4.69) is 10.1 Å². The zero-order chi connectivity index (χ0) is 18.5. The summed E-state index contributed by atoms with van der Waals surface area (Å²) in [5.41, 5.74) is 0.315. The molecular formula is C18H17N3O5. The third-order valence-electron chi connectivity index (χ3n) is 4.94. The van der Waals surface area contributed by atoms with Gasteiger partial charge in [-0.15, -0.1) is 0 Å². The van der Waals surface area contributed by atoms with E-state index in [1.54, 1.807) is 24.3 Å². The van der Waals surface area contributed by atoms with E-state index in [0.29, 0.717) is 35.7 Å². The van der Waals surface area contributed by atoms with Gasteiger partial charge in [0.05, 0.1) is 11.1 Å². The minimum Gasteiger partial charge on any atom is -0.457 e. The average Bonchev–Trinajstić information content (AvgIpc) is 3.15. The molecule has 2 heterocycles. The Labute approximate surface area is 149 Å². The minimum absolute atomic E-state index is 0.0390. The molecule has 1 aliphatic heterocycles. The zero-order valence-corrected chi connectivity index (χ0v) is 14.4. The summed E-state index contributed by atoms with van der Waals surface area (Å²) in [6.45, 7) is 3.16. The number of carbonyl (C=O) groups excluding carboxylic acids is 3. The van der Waals surface area contributed by atoms with E-state index in [0.717, 1.165) is 0 Å². The Bertz CT molecular complexity index is 878. The summed E-state index contributed by atoms with van der Waals surface area (Å²) < 4.78 is 10.1. The lowest BCUT2D eigenvalue weighted by Gasteiger charge is -2.48. The lowest BCUT2D eigenvalue weighted by molar-refractivity contribution is -0.142. The van der Waals surface area contributed by atoms with Crippen molar-refractivity contribution in [2.45, 2.75) is 44.8 Å². The summed E-state index contributed by atoms with van der Waals surface area (Å²) in [7, 11) is 0. The van der Waals surface area contributed by atoms with Crippen LogP contribution in [0.15, 0.2) is 28.8 Å². The molecular weight excluding hydrogens is 338 g/mol. The van der Waals surface area contributed by atoms with Crippen LogP contribution in [0.2, 0.25) is 0 Å². The van der Waals surface area contributed by atoms with Gasteiger partial charge in [-0.3, -0.25) is 19.3 Å². The normalized spacial score (nSPS) is 24.4. The predicted octanol–water partition coefficient (Wildman–Crippen LogP) is 2.06. The average molecular weight is 355 g/mol. The van der Waals surface area contributed by atoms with Gasteiger partial charge < -0.3 is 9.26 Å². The van der Waals surface area contributed by atoms with Gasteiger partial charge in [0.15, 0.2) is 6.61 Å². The van der Waals surface area contributed by atoms with E-state index in [9.17, 15) is 14.4 Å². The van der Waals surface area contributed by atoms with Crippen LogP contribution in [0.5, 0.6) is 0 Å². The molecule has 2 aromatic rings. The van der Waals surface area contributed by atoms with Crippen LogP contribution in [0.25, 0.3) is 0 Å². The highest BCUT2D eigenvalue weighted by Crippen LogP contribution is 2.49. The van der Waals surface area contributed by atoms with Crippen LogP contribution in [-0.2, 0) is 16.1 Å². The molecule has 134 valence electrons. The van der Waals surface area contributed by atoms with Gasteiger partial charge in [0, 0.05) is 18.4 Å². The third kappa shape index (κ3) is 2.49. The van der Waals surface area contributed by atoms with Crippen molar-refractivity contribution in [1.29, 1.82) is 0 Å². The van der Waals surface area contributed by atoms with E-state index in [4.69, 9.17) is 9.26 Å². The third-order valence-corrected chi connectivity index (χ3v) is 4.94. The number of benzene rings is 1. The summed E-state index contributed by atoms with van der Waals surface area (Å²) >= 11 is 0. The number of hydrogen-bond donors (Lipinski definition) is 0. The van der Waals surface area contributed by atoms with Crippen LogP contribution in [0.3, 0.4) is 0 Å². The summed E-state index contributed by atoms with van der Waals surface area (Å²) in [5, 5.41) is 3.79. The van der Waals surface area contributed by atoms with Crippen molar-refractivity contribution >= 4 is 17.8 Å². The first-order chi connectivity index (χ1) is 12.4. The highest BCUT2D eigenvalue weighted by atomic mass is 16.5. The number of aromatic nitrogens is 2. The predicted molar refractivity (Wildman–Crippen MR) is 87.1 cm³/mol. The van der Waals surface area contributed by atoms with Crippen molar-refractivity contribution in [3.05, 3.63) is 47.1 Å². The Balaban J connectivity index is 1.46. The number of nitrogens with zero attached hydrogens (tertiary/aromatic N) is 3. The summed E-state index contributed by atoms with van der Waals surface area (Å²) in [5.74, 6) is -0.243. The second-order valence-corrected chi connectivity index (χ2v) is 6.92. The molecule has 1 aliphatic carbocycles. The lowest BCUT2D eigenvalue weighted by Crippen LogP contribution is -2.56. The molecule has 8 heteroatoms. The second kappa shape index (κ2) is 5.76. The Kier molecular flexibility index (Phi) is 3.64. The molecule has 0 N–H and O–H groups in total. The van der Waals surface area contributed by atoms with E-state index in [-0.39, 0.29) is 24.3 Å². The maximum Gasteiger partial charge on any atom is 0.303 e. The molecule has 4 rings (SSSR count). The van der Waals surface area contributed by atoms with Crippen LogP contribution >= 0.6 is 0 Å². The van der Waals surface area contributed by atoms with Crippen LogP contribution in [0.4, 0.5) is 0 Å². The molecule has 0 saturated heterocycles. The molecule has 0 bridgehead atoms. The fourth-order valence-corrected chi connectivity index (χ4v) is 3.70. The van der Waals surface area contributed by atoms with Gasteiger partial charge in [0.2, 0.25) is 11.7 Å². The standard InChI is InChI=1S/C18H17N3O5/c1-10(22)25-9-14-19-15(26-20-14)11-7-18(2,8-11)21-16(23)12-5-3-4-6-13(12)17(21)24/h3-6,11H,7-9H2,1-2H3/t11-,18+. The molecule has 0 atom stereocenters. The van der Waals surface area contributed by atoms with Gasteiger partial charge in [-0.25, -0.2) is 0 Å². The number of amides is 2. The fourth-order valence-electron chi connectivity index (χ4n) is 3.70. The highest BCUT2D eigenvalue weighted by Gasteiger charge is 2.54. The van der Waals surface area contributed by atoms with Crippen molar-refractivity contribution in [3.8, 4) is 0 Å². The Morgan fingerprint density at radius 1 is 1.27 bits per heavy atom. The van der Waals surface area contributed by atoms with Gasteiger partial charge >= 0.3 is 5.97 Å². The number of fused-ring (bicyclic) bond motifs is 1. The molecule has 1 aromatic heterocycles. The molecule has 1 fully saturated rings. The molecule has 0 radical (unpaired) electrons. The van der Waals surface area contributed by atoms with Gasteiger partial charge in [-0.05, 0) is 31.9 Å². The van der Waals surface area contributed by atoms with Gasteiger partial charge in [-0.2, -0.15) is 4.98 Å². The fraction of sp³-hybridized carbons (Fsp3) is 0.389. The number of hydrogen-bond acceptors (Lipinski definition) is 7. The maximum absolute atomic E-state index is 12.6. The molecule has 2 amide bonds. The summed E-state index contributed by atoms with van der Waals surface area (Å²) in [6.07, 6.45) is 1.10. The molecule has 0 unspecified atom stereocenters. The van der Waals surface area contributed by atoms with Crippen LogP contribution in [-0.4, -0.2) is 38.4 Å². The van der Waals surface area contributed by atoms with Crippen molar-refractivity contribution < 1.29 is 23.6 Å². The Morgan fingerprint density at radius 2 is 1.88 bits per heavy atom. The lowest BCUT2D eigenvalue weighted by atomic mass is 9.68. The SMILES string of the molecule is CC(=O)OCc1noc([C@H]2C[C@@](C)(N3C(=O)c4ccccc4C3=O)C2)n1. The molecule has 1 saturated carbocycles. The van der Waals surface area contributed by atoms with Crippen molar-refractivity contribution in [1.82, 2.24) is 15.0 Å². The van der Waals surface area contributed by atoms with Gasteiger partial charge in [-0.1, -0.05) is 17.3 Å². The first-order valence-electron chi connectivity index (χ1n) is 8.33. The van der Waals surface area contributed by atoms with Crippen molar-refractivity contribution in [3.63, 3.8) is 0 Å². The summed E-state index contributed by atoms with van der Waals surface area (Å²) in [6, 6.07) is 6.85. The maximum atomic E-state index is 12.6. The quantitative estimate of drug-likeness (QED) is 0.611. The largest absolute Gasteiger partial charge is 0.457 e. The number of carbonyl (C=O) groups is 3. The number of rotatable bonds is 4. The van der Waals surface area contributed by atoms with Crippen molar-refractivity contribution in [2.24, 2.45) is 0 Å². The van der Waals surface area contributed by atoms with Crippen LogP contribution < -0.4 is 0 Å². The van der Waals surface area contributed by atoms with E-state index < -0.39 is 11.5 Å². The highest BCUT2D eigenvalue weighted by molar-refractivity contribution is 6.21. The smallest absolute Gasteiger partial charge is 0.303 e. The molecule has 0 spiro atoms. The number of ether oxygens (including phenoxy) is 1. The van der Waals surface area contributed by atoms with E-state index in [1.165, 1.54) is 11.8 Å². The number of esters is 1. The first-order valence-corrected chi connectivity index (χ1v) is 8.33.